The average molecular weight is 368 g/mol. The zero-order chi connectivity index (χ0) is 19.6. The summed E-state index contributed by atoms with van der Waals surface area (Å²) in [6.45, 7) is 1.60. The van der Waals surface area contributed by atoms with Gasteiger partial charge >= 0.3 is 6.01 Å². The molecule has 0 saturated carbocycles. The number of carbonyl (C=O) groups excluding carboxylic acids is 1. The Bertz CT molecular complexity index is 1010. The minimum atomic E-state index is -0.556. The molecule has 0 radical (unpaired) electrons. The third-order valence-corrected chi connectivity index (χ3v) is 3.96. The lowest BCUT2D eigenvalue weighted by Gasteiger charge is -2.06. The summed E-state index contributed by atoms with van der Waals surface area (Å²) in [7, 11) is 2.94. The van der Waals surface area contributed by atoms with Crippen LogP contribution in [0.1, 0.15) is 15.9 Å². The highest BCUT2D eigenvalue weighted by atomic mass is 16.6. The third-order valence-electron chi connectivity index (χ3n) is 3.96. The summed E-state index contributed by atoms with van der Waals surface area (Å²) >= 11 is 0. The molecule has 0 N–H and O–H groups in total. The Morgan fingerprint density at radius 1 is 1.11 bits per heavy atom. The fraction of sp³-hybridized carbons (Fsp3) is 0.167. The van der Waals surface area contributed by atoms with Gasteiger partial charge in [0, 0.05) is 22.8 Å². The Hall–Kier alpha value is -3.75. The van der Waals surface area contributed by atoms with E-state index in [1.165, 1.54) is 25.3 Å². The van der Waals surface area contributed by atoms with E-state index in [2.05, 4.69) is 10.1 Å². The molecule has 0 aliphatic rings. The molecule has 0 aliphatic carbocycles. The van der Waals surface area contributed by atoms with E-state index < -0.39 is 10.8 Å². The highest BCUT2D eigenvalue weighted by Crippen LogP contribution is 2.25. The lowest BCUT2D eigenvalue weighted by atomic mass is 10.1. The molecule has 0 bridgehead atoms. The molecule has 3 rings (SSSR count). The summed E-state index contributed by atoms with van der Waals surface area (Å²) in [5.41, 5.74) is 1.05. The van der Waals surface area contributed by atoms with Crippen molar-refractivity contribution in [2.45, 2.75) is 6.92 Å². The second-order valence-electron chi connectivity index (χ2n) is 5.63. The number of aryl methyl sites for hydroxylation is 1. The van der Waals surface area contributed by atoms with E-state index >= 15 is 0 Å². The number of nitro benzene ring substituents is 1. The van der Waals surface area contributed by atoms with E-state index in [1.54, 1.807) is 38.3 Å². The van der Waals surface area contributed by atoms with Crippen LogP contribution in [0.3, 0.4) is 0 Å². The quantitative estimate of drug-likeness (QED) is 0.503. The molecule has 0 atom stereocenters. The van der Waals surface area contributed by atoms with Crippen molar-refractivity contribution in [1.82, 2.24) is 14.8 Å². The van der Waals surface area contributed by atoms with Gasteiger partial charge in [-0.2, -0.15) is 9.67 Å². The first-order valence-corrected chi connectivity index (χ1v) is 7.90. The van der Waals surface area contributed by atoms with Gasteiger partial charge in [-0.1, -0.05) is 6.07 Å². The van der Waals surface area contributed by atoms with Gasteiger partial charge in [0.15, 0.2) is 5.82 Å². The summed E-state index contributed by atoms with van der Waals surface area (Å²) in [6, 6.07) is 11.2. The SMILES string of the molecule is COc1ccc(-c2nc(OC)nn2C(=O)c2ccc(C)c([N+](=O)[O-])c2)cc1. The molecule has 1 heterocycles. The van der Waals surface area contributed by atoms with Crippen LogP contribution >= 0.6 is 0 Å². The van der Waals surface area contributed by atoms with Gasteiger partial charge in [-0.25, -0.2) is 0 Å². The van der Waals surface area contributed by atoms with Crippen LogP contribution in [0.5, 0.6) is 11.8 Å². The van der Waals surface area contributed by atoms with Crippen molar-refractivity contribution in [3.05, 3.63) is 63.7 Å². The zero-order valence-corrected chi connectivity index (χ0v) is 14.9. The Balaban J connectivity index is 2.08. The molecule has 27 heavy (non-hydrogen) atoms. The van der Waals surface area contributed by atoms with Crippen LogP contribution < -0.4 is 9.47 Å². The molecule has 0 aliphatic heterocycles. The molecular weight excluding hydrogens is 352 g/mol. The number of aromatic nitrogens is 3. The molecule has 9 heteroatoms. The molecule has 2 aromatic carbocycles. The highest BCUT2D eigenvalue weighted by Gasteiger charge is 2.22. The van der Waals surface area contributed by atoms with Gasteiger partial charge in [0.25, 0.3) is 11.6 Å². The van der Waals surface area contributed by atoms with E-state index in [4.69, 9.17) is 9.47 Å². The van der Waals surface area contributed by atoms with Crippen molar-refractivity contribution in [2.24, 2.45) is 0 Å². The Kier molecular flexibility index (Phi) is 4.84. The van der Waals surface area contributed by atoms with Crippen molar-refractivity contribution in [2.75, 3.05) is 14.2 Å². The first-order valence-electron chi connectivity index (χ1n) is 7.90. The van der Waals surface area contributed by atoms with Crippen LogP contribution in [0.25, 0.3) is 11.4 Å². The van der Waals surface area contributed by atoms with Crippen molar-refractivity contribution < 1.29 is 19.2 Å². The maximum absolute atomic E-state index is 12.9. The van der Waals surface area contributed by atoms with Gasteiger partial charge in [-0.05, 0) is 37.3 Å². The van der Waals surface area contributed by atoms with Gasteiger partial charge in [-0.3, -0.25) is 14.9 Å². The van der Waals surface area contributed by atoms with E-state index in [-0.39, 0.29) is 23.1 Å². The Morgan fingerprint density at radius 2 is 1.81 bits per heavy atom. The standard InChI is InChI=1S/C18H16N4O5/c1-11-4-5-13(10-15(11)22(24)25)17(23)21-16(19-18(20-21)27-3)12-6-8-14(26-2)9-7-12/h4-10H,1-3H3. The second-order valence-corrected chi connectivity index (χ2v) is 5.63. The molecular formula is C18H16N4O5. The average Bonchev–Trinajstić information content (AvgIpc) is 3.12. The van der Waals surface area contributed by atoms with Crippen molar-refractivity contribution in [3.8, 4) is 23.1 Å². The van der Waals surface area contributed by atoms with E-state index in [0.29, 0.717) is 16.9 Å². The van der Waals surface area contributed by atoms with E-state index in [1.807, 2.05) is 0 Å². The number of hydrogen-bond acceptors (Lipinski definition) is 7. The van der Waals surface area contributed by atoms with E-state index in [0.717, 1.165) is 4.68 Å². The predicted molar refractivity (Wildman–Crippen MR) is 96.1 cm³/mol. The molecule has 1 aromatic heterocycles. The van der Waals surface area contributed by atoms with Crippen molar-refractivity contribution in [3.63, 3.8) is 0 Å². The number of nitrogens with zero attached hydrogens (tertiary/aromatic N) is 4. The van der Waals surface area contributed by atoms with Gasteiger partial charge < -0.3 is 9.47 Å². The summed E-state index contributed by atoms with van der Waals surface area (Å²) < 4.78 is 11.2. The molecule has 9 nitrogen and oxygen atoms in total. The fourth-order valence-corrected chi connectivity index (χ4v) is 2.51. The smallest absolute Gasteiger partial charge is 0.336 e. The van der Waals surface area contributed by atoms with Crippen LogP contribution in [0.15, 0.2) is 42.5 Å². The molecule has 0 amide bonds. The number of benzene rings is 2. The van der Waals surface area contributed by atoms with Gasteiger partial charge in [0.2, 0.25) is 0 Å². The van der Waals surface area contributed by atoms with Crippen LogP contribution in [0, 0.1) is 17.0 Å². The van der Waals surface area contributed by atoms with Crippen molar-refractivity contribution in [1.29, 1.82) is 0 Å². The Morgan fingerprint density at radius 3 is 2.41 bits per heavy atom. The topological polar surface area (TPSA) is 109 Å². The number of nitro groups is 1. The first-order chi connectivity index (χ1) is 12.9. The Labute approximate surface area is 154 Å². The fourth-order valence-electron chi connectivity index (χ4n) is 2.51. The lowest BCUT2D eigenvalue weighted by molar-refractivity contribution is -0.385. The van der Waals surface area contributed by atoms with Crippen LogP contribution in [0.2, 0.25) is 0 Å². The number of ether oxygens (including phenoxy) is 2. The summed E-state index contributed by atoms with van der Waals surface area (Å²) in [6.07, 6.45) is 0. The molecule has 0 unspecified atom stereocenters. The molecule has 3 aromatic rings. The largest absolute Gasteiger partial charge is 0.497 e. The third kappa shape index (κ3) is 3.47. The first kappa shape index (κ1) is 18.1. The second kappa shape index (κ2) is 7.24. The van der Waals surface area contributed by atoms with Crippen molar-refractivity contribution >= 4 is 11.6 Å². The maximum Gasteiger partial charge on any atom is 0.336 e. The molecule has 0 spiro atoms. The van der Waals surface area contributed by atoms with Gasteiger partial charge in [0.1, 0.15) is 5.75 Å². The monoisotopic (exact) mass is 368 g/mol. The van der Waals surface area contributed by atoms with E-state index in [9.17, 15) is 14.9 Å². The van der Waals surface area contributed by atoms with Gasteiger partial charge in [0.05, 0.1) is 19.1 Å². The summed E-state index contributed by atoms with van der Waals surface area (Å²) in [5, 5.41) is 15.2. The highest BCUT2D eigenvalue weighted by molar-refractivity contribution is 5.98. The predicted octanol–water partition coefficient (Wildman–Crippen LogP) is 2.87. The van der Waals surface area contributed by atoms with Gasteiger partial charge in [-0.15, -0.1) is 5.10 Å². The lowest BCUT2D eigenvalue weighted by Crippen LogP contribution is -2.15. The molecule has 0 saturated heterocycles. The normalized spacial score (nSPS) is 10.5. The number of methoxy groups -OCH3 is 2. The molecule has 0 fully saturated rings. The summed E-state index contributed by atoms with van der Waals surface area (Å²) in [4.78, 5) is 27.8. The maximum atomic E-state index is 12.9. The van der Waals surface area contributed by atoms with Crippen LogP contribution in [0.4, 0.5) is 5.69 Å². The number of hydrogen-bond donors (Lipinski definition) is 0. The minimum Gasteiger partial charge on any atom is -0.497 e. The minimum absolute atomic E-state index is 0.00998. The zero-order valence-electron chi connectivity index (χ0n) is 14.9. The van der Waals surface area contributed by atoms with Crippen LogP contribution in [-0.4, -0.2) is 39.8 Å². The molecule has 138 valence electrons. The number of carbonyl (C=O) groups is 1. The number of rotatable bonds is 5. The van der Waals surface area contributed by atoms with Crippen LogP contribution in [-0.2, 0) is 0 Å². The summed E-state index contributed by atoms with van der Waals surface area (Å²) in [5.74, 6) is 0.347.